The Morgan fingerprint density at radius 3 is 3.00 bits per heavy atom. The van der Waals surface area contributed by atoms with Gasteiger partial charge < -0.3 is 20.1 Å². The third kappa shape index (κ3) is 3.43. The first-order chi connectivity index (χ1) is 7.72. The average molecular weight is 230 g/mol. The molecular formula is C11H22N2O3. The van der Waals surface area contributed by atoms with E-state index in [9.17, 15) is 4.79 Å². The summed E-state index contributed by atoms with van der Waals surface area (Å²) in [5.41, 5.74) is 5.51. The minimum absolute atomic E-state index is 0.118. The zero-order valence-corrected chi connectivity index (χ0v) is 10.1. The SMILES string of the molecule is CCC1COCCN1C(=O)CC(CN)OC. The highest BCUT2D eigenvalue weighted by molar-refractivity contribution is 5.77. The van der Waals surface area contributed by atoms with E-state index in [1.807, 2.05) is 4.90 Å². The zero-order chi connectivity index (χ0) is 12.0. The molecule has 1 fully saturated rings. The van der Waals surface area contributed by atoms with Crippen molar-refractivity contribution in [2.24, 2.45) is 5.73 Å². The maximum Gasteiger partial charge on any atom is 0.225 e. The van der Waals surface area contributed by atoms with Crippen LogP contribution in [0.15, 0.2) is 0 Å². The van der Waals surface area contributed by atoms with Gasteiger partial charge in [0.2, 0.25) is 5.91 Å². The molecule has 2 unspecified atom stereocenters. The van der Waals surface area contributed by atoms with Gasteiger partial charge in [-0.2, -0.15) is 0 Å². The molecule has 0 spiro atoms. The summed E-state index contributed by atoms with van der Waals surface area (Å²) in [6, 6.07) is 0.205. The van der Waals surface area contributed by atoms with Gasteiger partial charge in [-0.3, -0.25) is 4.79 Å². The van der Waals surface area contributed by atoms with E-state index >= 15 is 0 Å². The number of carbonyl (C=O) groups is 1. The second-order valence-electron chi connectivity index (χ2n) is 4.02. The summed E-state index contributed by atoms with van der Waals surface area (Å²) < 4.78 is 10.5. The van der Waals surface area contributed by atoms with Gasteiger partial charge in [-0.15, -0.1) is 0 Å². The number of ether oxygens (including phenoxy) is 2. The fourth-order valence-corrected chi connectivity index (χ4v) is 1.90. The first-order valence-electron chi connectivity index (χ1n) is 5.83. The monoisotopic (exact) mass is 230 g/mol. The van der Waals surface area contributed by atoms with Gasteiger partial charge in [-0.25, -0.2) is 0 Å². The Balaban J connectivity index is 2.50. The summed E-state index contributed by atoms with van der Waals surface area (Å²) in [5.74, 6) is 0.118. The molecule has 0 aromatic rings. The zero-order valence-electron chi connectivity index (χ0n) is 10.1. The normalized spacial score (nSPS) is 23.2. The Kier molecular flexibility index (Phi) is 5.73. The third-order valence-corrected chi connectivity index (χ3v) is 3.02. The van der Waals surface area contributed by atoms with Crippen molar-refractivity contribution in [3.05, 3.63) is 0 Å². The summed E-state index contributed by atoms with van der Waals surface area (Å²) in [4.78, 5) is 13.9. The first kappa shape index (κ1) is 13.4. The molecule has 94 valence electrons. The Morgan fingerprint density at radius 1 is 1.69 bits per heavy atom. The van der Waals surface area contributed by atoms with Crippen molar-refractivity contribution in [3.63, 3.8) is 0 Å². The van der Waals surface area contributed by atoms with E-state index in [1.165, 1.54) is 0 Å². The molecule has 5 heteroatoms. The van der Waals surface area contributed by atoms with E-state index in [-0.39, 0.29) is 18.1 Å². The molecule has 1 aliphatic rings. The maximum atomic E-state index is 12.0. The minimum Gasteiger partial charge on any atom is -0.380 e. The van der Waals surface area contributed by atoms with Gasteiger partial charge in [-0.1, -0.05) is 6.92 Å². The molecule has 0 saturated carbocycles. The van der Waals surface area contributed by atoms with Gasteiger partial charge in [0.05, 0.1) is 31.8 Å². The van der Waals surface area contributed by atoms with Gasteiger partial charge in [-0.05, 0) is 6.42 Å². The number of hydrogen-bond acceptors (Lipinski definition) is 4. The van der Waals surface area contributed by atoms with Crippen LogP contribution in [0.4, 0.5) is 0 Å². The van der Waals surface area contributed by atoms with Crippen LogP contribution >= 0.6 is 0 Å². The molecule has 1 rings (SSSR count). The van der Waals surface area contributed by atoms with Crippen LogP contribution in [0.1, 0.15) is 19.8 Å². The smallest absolute Gasteiger partial charge is 0.225 e. The van der Waals surface area contributed by atoms with Crippen molar-refractivity contribution in [1.29, 1.82) is 0 Å². The van der Waals surface area contributed by atoms with Gasteiger partial charge in [0.1, 0.15) is 0 Å². The number of rotatable bonds is 5. The van der Waals surface area contributed by atoms with E-state index in [4.69, 9.17) is 15.2 Å². The summed E-state index contributed by atoms with van der Waals surface area (Å²) >= 11 is 0. The molecule has 1 aliphatic heterocycles. The molecule has 2 atom stereocenters. The van der Waals surface area contributed by atoms with Crippen LogP contribution in [0.2, 0.25) is 0 Å². The number of morpholine rings is 1. The molecule has 0 bridgehead atoms. The molecule has 0 radical (unpaired) electrons. The summed E-state index contributed by atoms with van der Waals surface area (Å²) in [6.07, 6.45) is 1.11. The van der Waals surface area contributed by atoms with E-state index in [0.29, 0.717) is 32.7 Å². The van der Waals surface area contributed by atoms with Crippen LogP contribution in [0.3, 0.4) is 0 Å². The van der Waals surface area contributed by atoms with E-state index < -0.39 is 0 Å². The summed E-state index contributed by atoms with van der Waals surface area (Å²) in [6.45, 7) is 4.39. The summed E-state index contributed by atoms with van der Waals surface area (Å²) in [5, 5.41) is 0. The minimum atomic E-state index is -0.173. The molecule has 16 heavy (non-hydrogen) atoms. The van der Waals surface area contributed by atoms with Crippen molar-refractivity contribution in [3.8, 4) is 0 Å². The Morgan fingerprint density at radius 2 is 2.44 bits per heavy atom. The van der Waals surface area contributed by atoms with Crippen LogP contribution in [0, 0.1) is 0 Å². The molecule has 0 aromatic carbocycles. The van der Waals surface area contributed by atoms with E-state index in [2.05, 4.69) is 6.92 Å². The van der Waals surface area contributed by atoms with Crippen molar-refractivity contribution in [2.45, 2.75) is 31.9 Å². The number of nitrogens with zero attached hydrogens (tertiary/aromatic N) is 1. The van der Waals surface area contributed by atoms with Crippen molar-refractivity contribution < 1.29 is 14.3 Å². The Labute approximate surface area is 96.9 Å². The molecule has 0 aliphatic carbocycles. The molecule has 5 nitrogen and oxygen atoms in total. The van der Waals surface area contributed by atoms with Crippen molar-refractivity contribution >= 4 is 5.91 Å². The van der Waals surface area contributed by atoms with E-state index in [0.717, 1.165) is 6.42 Å². The van der Waals surface area contributed by atoms with Crippen LogP contribution < -0.4 is 5.73 Å². The Bertz CT molecular complexity index is 219. The predicted octanol–water partition coefficient (Wildman–Crippen LogP) is -0.0124. The lowest BCUT2D eigenvalue weighted by molar-refractivity contribution is -0.142. The van der Waals surface area contributed by atoms with Crippen molar-refractivity contribution in [2.75, 3.05) is 33.4 Å². The second kappa shape index (κ2) is 6.83. The maximum absolute atomic E-state index is 12.0. The summed E-state index contributed by atoms with van der Waals surface area (Å²) in [7, 11) is 1.58. The molecule has 1 heterocycles. The van der Waals surface area contributed by atoms with Gasteiger partial charge in [0.15, 0.2) is 0 Å². The van der Waals surface area contributed by atoms with Gasteiger partial charge >= 0.3 is 0 Å². The lowest BCUT2D eigenvalue weighted by Gasteiger charge is -2.35. The van der Waals surface area contributed by atoms with Crippen LogP contribution in [0.25, 0.3) is 0 Å². The largest absolute Gasteiger partial charge is 0.380 e. The quantitative estimate of drug-likeness (QED) is 0.721. The molecule has 1 amide bonds. The van der Waals surface area contributed by atoms with Crippen LogP contribution in [-0.4, -0.2) is 56.4 Å². The average Bonchev–Trinajstić information content (AvgIpc) is 2.35. The molecular weight excluding hydrogens is 208 g/mol. The lowest BCUT2D eigenvalue weighted by atomic mass is 10.1. The molecule has 0 aromatic heterocycles. The topological polar surface area (TPSA) is 64.8 Å². The van der Waals surface area contributed by atoms with Gasteiger partial charge in [0.25, 0.3) is 0 Å². The molecule has 2 N–H and O–H groups in total. The van der Waals surface area contributed by atoms with Gasteiger partial charge in [0, 0.05) is 20.2 Å². The lowest BCUT2D eigenvalue weighted by Crippen LogP contribution is -2.49. The standard InChI is InChI=1S/C11H22N2O3/c1-3-9-8-16-5-4-13(9)11(14)6-10(7-12)15-2/h9-10H,3-8,12H2,1-2H3. The first-order valence-corrected chi connectivity index (χ1v) is 5.83. The number of nitrogens with two attached hydrogens (primary N) is 1. The van der Waals surface area contributed by atoms with Crippen molar-refractivity contribution in [1.82, 2.24) is 4.90 Å². The van der Waals surface area contributed by atoms with Crippen LogP contribution in [-0.2, 0) is 14.3 Å². The van der Waals surface area contributed by atoms with Crippen LogP contribution in [0.5, 0.6) is 0 Å². The number of methoxy groups -OCH3 is 1. The highest BCUT2D eigenvalue weighted by Crippen LogP contribution is 2.13. The highest BCUT2D eigenvalue weighted by atomic mass is 16.5. The fourth-order valence-electron chi connectivity index (χ4n) is 1.90. The number of hydrogen-bond donors (Lipinski definition) is 1. The second-order valence-corrected chi connectivity index (χ2v) is 4.02. The number of carbonyl (C=O) groups excluding carboxylic acids is 1. The van der Waals surface area contributed by atoms with E-state index in [1.54, 1.807) is 7.11 Å². The fraction of sp³-hybridized carbons (Fsp3) is 0.909. The Hall–Kier alpha value is -0.650. The third-order valence-electron chi connectivity index (χ3n) is 3.02. The molecule has 1 saturated heterocycles. The number of amides is 1. The highest BCUT2D eigenvalue weighted by Gasteiger charge is 2.27. The predicted molar refractivity (Wildman–Crippen MR) is 61.1 cm³/mol.